The molecule has 2 rings (SSSR count). The van der Waals surface area contributed by atoms with Crippen molar-refractivity contribution in [2.24, 2.45) is 0 Å². The molecule has 0 aliphatic rings. The number of nitrogens with one attached hydrogen (secondary N) is 1. The lowest BCUT2D eigenvalue weighted by atomic mass is 9.87. The van der Waals surface area contributed by atoms with Crippen molar-refractivity contribution in [3.8, 4) is 11.5 Å². The molecular weight excluding hydrogens is 302 g/mol. The summed E-state index contributed by atoms with van der Waals surface area (Å²) in [5.74, 6) is 1.36. The Kier molecular flexibility index (Phi) is 5.50. The zero-order valence-electron chi connectivity index (χ0n) is 15.0. The molecule has 0 radical (unpaired) electrons. The van der Waals surface area contributed by atoms with E-state index in [2.05, 4.69) is 26.1 Å². The van der Waals surface area contributed by atoms with E-state index in [4.69, 9.17) is 9.47 Å². The Morgan fingerprint density at radius 2 is 1.67 bits per heavy atom. The summed E-state index contributed by atoms with van der Waals surface area (Å²) in [7, 11) is 3.22. The summed E-state index contributed by atoms with van der Waals surface area (Å²) < 4.78 is 10.5. The molecule has 2 aromatic rings. The van der Waals surface area contributed by atoms with Crippen LogP contribution in [0.1, 0.15) is 31.9 Å². The first-order valence-electron chi connectivity index (χ1n) is 7.95. The molecule has 0 bridgehead atoms. The van der Waals surface area contributed by atoms with Gasteiger partial charge in [0.25, 0.3) is 0 Å². The van der Waals surface area contributed by atoms with Gasteiger partial charge in [0.05, 0.1) is 26.3 Å². The summed E-state index contributed by atoms with van der Waals surface area (Å²) in [6.07, 6.45) is 0.299. The van der Waals surface area contributed by atoms with E-state index in [0.717, 1.165) is 16.9 Å². The molecule has 0 fully saturated rings. The smallest absolute Gasteiger partial charge is 0.228 e. The monoisotopic (exact) mass is 327 g/mol. The van der Waals surface area contributed by atoms with Crippen LogP contribution in [0.2, 0.25) is 0 Å². The lowest BCUT2D eigenvalue weighted by Crippen LogP contribution is -2.17. The van der Waals surface area contributed by atoms with Crippen molar-refractivity contribution in [3.63, 3.8) is 0 Å². The maximum absolute atomic E-state index is 12.4. The number of carbonyl (C=O) groups excluding carboxylic acids is 1. The largest absolute Gasteiger partial charge is 0.497 e. The Hall–Kier alpha value is -2.49. The molecule has 0 saturated heterocycles. The minimum atomic E-state index is -0.0791. The topological polar surface area (TPSA) is 47.6 Å². The molecule has 0 aliphatic carbocycles. The van der Waals surface area contributed by atoms with E-state index in [1.54, 1.807) is 14.2 Å². The van der Waals surface area contributed by atoms with Crippen molar-refractivity contribution in [3.05, 3.63) is 53.6 Å². The Morgan fingerprint density at radius 3 is 2.21 bits per heavy atom. The summed E-state index contributed by atoms with van der Waals surface area (Å²) in [5.41, 5.74) is 2.77. The van der Waals surface area contributed by atoms with E-state index in [9.17, 15) is 4.79 Å². The van der Waals surface area contributed by atoms with E-state index in [1.807, 2.05) is 42.5 Å². The molecule has 24 heavy (non-hydrogen) atoms. The summed E-state index contributed by atoms with van der Waals surface area (Å²) in [6, 6.07) is 13.4. The third kappa shape index (κ3) is 4.51. The predicted octanol–water partition coefficient (Wildman–Crippen LogP) is 4.18. The normalized spacial score (nSPS) is 11.0. The van der Waals surface area contributed by atoms with E-state index < -0.39 is 0 Å². The van der Waals surface area contributed by atoms with E-state index >= 15 is 0 Å². The molecule has 0 saturated carbocycles. The van der Waals surface area contributed by atoms with Crippen molar-refractivity contribution in [1.82, 2.24) is 0 Å². The number of amides is 1. The average Bonchev–Trinajstić information content (AvgIpc) is 2.54. The highest BCUT2D eigenvalue weighted by molar-refractivity contribution is 5.93. The van der Waals surface area contributed by atoms with Crippen LogP contribution >= 0.6 is 0 Å². The first-order valence-corrected chi connectivity index (χ1v) is 7.95. The van der Waals surface area contributed by atoms with Gasteiger partial charge >= 0.3 is 0 Å². The Balaban J connectivity index is 2.14. The van der Waals surface area contributed by atoms with Gasteiger partial charge in [-0.25, -0.2) is 0 Å². The Bertz CT molecular complexity index is 700. The number of methoxy groups -OCH3 is 2. The van der Waals surface area contributed by atoms with Crippen LogP contribution in [0, 0.1) is 0 Å². The maximum atomic E-state index is 12.4. The number of anilines is 1. The first kappa shape index (κ1) is 17.9. The summed E-state index contributed by atoms with van der Waals surface area (Å²) in [5, 5.41) is 2.96. The molecule has 2 aromatic carbocycles. The number of carbonyl (C=O) groups is 1. The van der Waals surface area contributed by atoms with Gasteiger partial charge in [0.15, 0.2) is 0 Å². The molecule has 0 atom stereocenters. The quantitative estimate of drug-likeness (QED) is 0.896. The molecule has 1 amide bonds. The van der Waals surface area contributed by atoms with Crippen molar-refractivity contribution in [2.75, 3.05) is 19.5 Å². The number of hydrogen-bond donors (Lipinski definition) is 1. The van der Waals surface area contributed by atoms with Crippen LogP contribution in [-0.4, -0.2) is 20.1 Å². The lowest BCUT2D eigenvalue weighted by molar-refractivity contribution is -0.115. The van der Waals surface area contributed by atoms with Gasteiger partial charge in [0.1, 0.15) is 11.5 Å². The van der Waals surface area contributed by atoms with E-state index in [0.29, 0.717) is 17.9 Å². The minimum absolute atomic E-state index is 0.00172. The standard InChI is InChI=1S/C20H25NO3/c1-20(2,3)15-8-11-18(24-5)17(13-15)21-19(22)12-14-6-9-16(23-4)10-7-14/h6-11,13H,12H2,1-5H3,(H,21,22). The number of rotatable bonds is 5. The summed E-state index contributed by atoms with van der Waals surface area (Å²) in [4.78, 5) is 12.4. The van der Waals surface area contributed by atoms with Crippen LogP contribution in [-0.2, 0) is 16.6 Å². The molecule has 128 valence electrons. The third-order valence-electron chi connectivity index (χ3n) is 3.86. The number of hydrogen-bond acceptors (Lipinski definition) is 3. The lowest BCUT2D eigenvalue weighted by Gasteiger charge is -2.21. The highest BCUT2D eigenvalue weighted by Crippen LogP contribution is 2.31. The highest BCUT2D eigenvalue weighted by atomic mass is 16.5. The van der Waals surface area contributed by atoms with Gasteiger partial charge < -0.3 is 14.8 Å². The van der Waals surface area contributed by atoms with Gasteiger partial charge in [0.2, 0.25) is 5.91 Å². The van der Waals surface area contributed by atoms with Crippen LogP contribution in [0.5, 0.6) is 11.5 Å². The van der Waals surface area contributed by atoms with Crippen molar-refractivity contribution < 1.29 is 14.3 Å². The molecule has 0 unspecified atom stereocenters. The number of ether oxygens (including phenoxy) is 2. The van der Waals surface area contributed by atoms with E-state index in [1.165, 1.54) is 0 Å². The molecule has 4 nitrogen and oxygen atoms in total. The zero-order valence-corrected chi connectivity index (χ0v) is 15.0. The second kappa shape index (κ2) is 7.39. The molecule has 0 aromatic heterocycles. The van der Waals surface area contributed by atoms with Crippen LogP contribution in [0.15, 0.2) is 42.5 Å². The second-order valence-electron chi connectivity index (χ2n) is 6.74. The van der Waals surface area contributed by atoms with Crippen molar-refractivity contribution in [1.29, 1.82) is 0 Å². The molecule has 0 spiro atoms. The zero-order chi connectivity index (χ0) is 17.7. The minimum Gasteiger partial charge on any atom is -0.497 e. The first-order chi connectivity index (χ1) is 11.3. The molecule has 0 aliphatic heterocycles. The fourth-order valence-corrected chi connectivity index (χ4v) is 2.40. The van der Waals surface area contributed by atoms with Gasteiger partial charge in [-0.2, -0.15) is 0 Å². The predicted molar refractivity (Wildman–Crippen MR) is 97.0 cm³/mol. The van der Waals surface area contributed by atoms with Gasteiger partial charge in [-0.05, 0) is 40.8 Å². The van der Waals surface area contributed by atoms with Crippen molar-refractivity contribution >= 4 is 11.6 Å². The Morgan fingerprint density at radius 1 is 1.00 bits per heavy atom. The van der Waals surface area contributed by atoms with Crippen LogP contribution in [0.25, 0.3) is 0 Å². The molecule has 0 heterocycles. The van der Waals surface area contributed by atoms with Gasteiger partial charge in [0, 0.05) is 0 Å². The van der Waals surface area contributed by atoms with E-state index in [-0.39, 0.29) is 11.3 Å². The van der Waals surface area contributed by atoms with Gasteiger partial charge in [-0.1, -0.05) is 39.0 Å². The summed E-state index contributed by atoms with van der Waals surface area (Å²) in [6.45, 7) is 6.41. The maximum Gasteiger partial charge on any atom is 0.228 e. The Labute approximate surface area is 143 Å². The molecular formula is C20H25NO3. The molecule has 1 N–H and O–H groups in total. The summed E-state index contributed by atoms with van der Waals surface area (Å²) >= 11 is 0. The highest BCUT2D eigenvalue weighted by Gasteiger charge is 2.17. The van der Waals surface area contributed by atoms with Crippen molar-refractivity contribution in [2.45, 2.75) is 32.6 Å². The fourth-order valence-electron chi connectivity index (χ4n) is 2.40. The van der Waals surface area contributed by atoms with Gasteiger partial charge in [-0.15, -0.1) is 0 Å². The van der Waals surface area contributed by atoms with Gasteiger partial charge in [-0.3, -0.25) is 4.79 Å². The second-order valence-corrected chi connectivity index (χ2v) is 6.74. The van der Waals surface area contributed by atoms with Crippen LogP contribution < -0.4 is 14.8 Å². The number of benzene rings is 2. The van der Waals surface area contributed by atoms with Crippen LogP contribution in [0.4, 0.5) is 5.69 Å². The fraction of sp³-hybridized carbons (Fsp3) is 0.350. The third-order valence-corrected chi connectivity index (χ3v) is 3.86. The average molecular weight is 327 g/mol. The van der Waals surface area contributed by atoms with Crippen LogP contribution in [0.3, 0.4) is 0 Å². The SMILES string of the molecule is COc1ccc(CC(=O)Nc2cc(C(C)(C)C)ccc2OC)cc1. The molecule has 4 heteroatoms.